The summed E-state index contributed by atoms with van der Waals surface area (Å²) in [5, 5.41) is 0.629. The van der Waals surface area contributed by atoms with Crippen LogP contribution in [0.2, 0.25) is 0 Å². The van der Waals surface area contributed by atoms with E-state index >= 15 is 0 Å². The van der Waals surface area contributed by atoms with Gasteiger partial charge in [0, 0.05) is 37.5 Å². The predicted octanol–water partition coefficient (Wildman–Crippen LogP) is 3.88. The number of anilines is 1. The Bertz CT molecular complexity index is 1110. The van der Waals surface area contributed by atoms with E-state index in [9.17, 15) is 4.79 Å². The lowest BCUT2D eigenvalue weighted by atomic mass is 10.1. The van der Waals surface area contributed by atoms with Crippen molar-refractivity contribution in [2.75, 3.05) is 51.7 Å². The zero-order chi connectivity index (χ0) is 22.8. The fourth-order valence-corrected chi connectivity index (χ4v) is 4.77. The van der Waals surface area contributed by atoms with Crippen LogP contribution in [0.3, 0.4) is 0 Å². The highest BCUT2D eigenvalue weighted by Gasteiger charge is 2.31. The second-order valence-corrected chi connectivity index (χ2v) is 8.67. The van der Waals surface area contributed by atoms with E-state index in [4.69, 9.17) is 23.9 Å². The van der Waals surface area contributed by atoms with Crippen molar-refractivity contribution < 1.29 is 23.7 Å². The van der Waals surface area contributed by atoms with E-state index in [0.717, 1.165) is 43.2 Å². The minimum atomic E-state index is -0.108. The summed E-state index contributed by atoms with van der Waals surface area (Å²) < 4.78 is 22.1. The number of benzene rings is 2. The van der Waals surface area contributed by atoms with Crippen molar-refractivity contribution in [3.05, 3.63) is 46.9 Å². The molecule has 9 heteroatoms. The number of carbonyl (C=O) groups excluding carboxylic acids is 1. The van der Waals surface area contributed by atoms with Crippen LogP contribution in [0.25, 0.3) is 6.08 Å². The molecular formula is C24H25N3O5S. The number of rotatable bonds is 5. The lowest BCUT2D eigenvalue weighted by molar-refractivity contribution is -0.121. The third kappa shape index (κ3) is 4.51. The molecule has 0 atom stereocenters. The molecule has 8 nitrogen and oxygen atoms in total. The minimum Gasteiger partial charge on any atom is -0.493 e. The molecule has 3 aliphatic heterocycles. The van der Waals surface area contributed by atoms with Crippen LogP contribution in [0, 0.1) is 0 Å². The smallest absolute Gasteiger partial charge is 0.266 e. The number of hydrogen-bond acceptors (Lipinski definition) is 8. The fraction of sp³-hybridized carbons (Fsp3) is 0.333. The van der Waals surface area contributed by atoms with Crippen LogP contribution in [0.15, 0.2) is 46.3 Å². The summed E-state index contributed by atoms with van der Waals surface area (Å²) in [4.78, 5) is 22.1. The third-order valence-electron chi connectivity index (χ3n) is 5.55. The molecular weight excluding hydrogens is 442 g/mol. The number of morpholine rings is 1. The number of nitrogens with zero attached hydrogens (tertiary/aromatic N) is 3. The van der Waals surface area contributed by atoms with Crippen LogP contribution in [0.5, 0.6) is 17.2 Å². The lowest BCUT2D eigenvalue weighted by Gasteiger charge is -2.28. The van der Waals surface area contributed by atoms with Crippen LogP contribution in [0.4, 0.5) is 11.4 Å². The SMILES string of the molecule is CCOc1cc2c(cc1C=C1SC(=Nc3ccc(N4CCOCC4)cc3)N(C)C1=O)OCO2. The van der Waals surface area contributed by atoms with Crippen molar-refractivity contribution in [1.82, 2.24) is 4.90 Å². The Morgan fingerprint density at radius 3 is 2.58 bits per heavy atom. The first kappa shape index (κ1) is 21.7. The Morgan fingerprint density at radius 1 is 1.12 bits per heavy atom. The molecule has 0 spiro atoms. The standard InChI is InChI=1S/C24H25N3O5S/c1-3-30-19-14-21-20(31-15-32-21)12-16(19)13-22-23(28)26(2)24(33-22)25-17-4-6-18(7-5-17)27-8-10-29-11-9-27/h4-7,12-14H,3,8-11,15H2,1-2H3. The number of likely N-dealkylation sites (N-methyl/N-ethyl adjacent to an activating group) is 1. The normalized spacial score (nSPS) is 20.2. The van der Waals surface area contributed by atoms with E-state index in [1.807, 2.05) is 31.2 Å². The number of hydrogen-bond donors (Lipinski definition) is 0. The molecule has 2 aromatic rings. The van der Waals surface area contributed by atoms with Crippen molar-refractivity contribution in [3.8, 4) is 17.2 Å². The van der Waals surface area contributed by atoms with E-state index in [-0.39, 0.29) is 12.7 Å². The van der Waals surface area contributed by atoms with Crippen molar-refractivity contribution >= 4 is 40.3 Å². The maximum atomic E-state index is 12.9. The van der Waals surface area contributed by atoms with Gasteiger partial charge in [-0.15, -0.1) is 0 Å². The highest BCUT2D eigenvalue weighted by molar-refractivity contribution is 8.18. The van der Waals surface area contributed by atoms with Gasteiger partial charge in [-0.2, -0.15) is 0 Å². The summed E-state index contributed by atoms with van der Waals surface area (Å²) >= 11 is 1.34. The summed E-state index contributed by atoms with van der Waals surface area (Å²) in [5.74, 6) is 1.83. The maximum Gasteiger partial charge on any atom is 0.266 e. The molecule has 33 heavy (non-hydrogen) atoms. The fourth-order valence-electron chi connectivity index (χ4n) is 3.80. The monoisotopic (exact) mass is 467 g/mol. The quantitative estimate of drug-likeness (QED) is 0.618. The first-order valence-electron chi connectivity index (χ1n) is 10.9. The topological polar surface area (TPSA) is 72.8 Å². The largest absolute Gasteiger partial charge is 0.493 e. The van der Waals surface area contributed by atoms with Gasteiger partial charge in [-0.05, 0) is 55.1 Å². The third-order valence-corrected chi connectivity index (χ3v) is 6.61. The van der Waals surface area contributed by atoms with Gasteiger partial charge in [0.1, 0.15) is 5.75 Å². The molecule has 3 aliphatic rings. The van der Waals surface area contributed by atoms with E-state index in [0.29, 0.717) is 33.9 Å². The predicted molar refractivity (Wildman–Crippen MR) is 129 cm³/mol. The highest BCUT2D eigenvalue weighted by atomic mass is 32.2. The number of aliphatic imine (C=N–C) groups is 1. The van der Waals surface area contributed by atoms with Crippen LogP contribution in [-0.2, 0) is 9.53 Å². The molecule has 0 radical (unpaired) electrons. The summed E-state index contributed by atoms with van der Waals surface area (Å²) in [6.45, 7) is 5.87. The van der Waals surface area contributed by atoms with Gasteiger partial charge in [0.25, 0.3) is 5.91 Å². The molecule has 0 aromatic heterocycles. The van der Waals surface area contributed by atoms with E-state index < -0.39 is 0 Å². The van der Waals surface area contributed by atoms with E-state index in [2.05, 4.69) is 17.0 Å². The molecule has 0 aliphatic carbocycles. The summed E-state index contributed by atoms with van der Waals surface area (Å²) in [6.07, 6.45) is 1.82. The Labute approximate surface area is 196 Å². The molecule has 3 heterocycles. The van der Waals surface area contributed by atoms with Gasteiger partial charge in [0.15, 0.2) is 16.7 Å². The summed E-state index contributed by atoms with van der Waals surface area (Å²) in [7, 11) is 1.74. The van der Waals surface area contributed by atoms with Crippen LogP contribution in [0.1, 0.15) is 12.5 Å². The molecule has 0 bridgehead atoms. The molecule has 1 amide bonds. The first-order valence-corrected chi connectivity index (χ1v) is 11.7. The van der Waals surface area contributed by atoms with Crippen molar-refractivity contribution in [2.24, 2.45) is 4.99 Å². The van der Waals surface area contributed by atoms with Crippen LogP contribution >= 0.6 is 11.8 Å². The van der Waals surface area contributed by atoms with Gasteiger partial charge < -0.3 is 23.8 Å². The first-order chi connectivity index (χ1) is 16.1. The lowest BCUT2D eigenvalue weighted by Crippen LogP contribution is -2.36. The minimum absolute atomic E-state index is 0.108. The Kier molecular flexibility index (Phi) is 6.15. The van der Waals surface area contributed by atoms with E-state index in [1.54, 1.807) is 18.0 Å². The average Bonchev–Trinajstić information content (AvgIpc) is 3.40. The van der Waals surface area contributed by atoms with Crippen LogP contribution in [-0.4, -0.2) is 62.7 Å². The van der Waals surface area contributed by atoms with Gasteiger partial charge in [-0.1, -0.05) is 0 Å². The number of thioether (sulfide) groups is 1. The zero-order valence-electron chi connectivity index (χ0n) is 18.6. The zero-order valence-corrected chi connectivity index (χ0v) is 19.4. The number of carbonyl (C=O) groups is 1. The molecule has 0 unspecified atom stereocenters. The molecule has 2 aromatic carbocycles. The average molecular weight is 468 g/mol. The number of ether oxygens (including phenoxy) is 4. The Hall–Kier alpha value is -3.17. The Morgan fingerprint density at radius 2 is 1.85 bits per heavy atom. The number of amidine groups is 1. The molecule has 2 fully saturated rings. The Balaban J connectivity index is 1.38. The second-order valence-electron chi connectivity index (χ2n) is 7.66. The summed E-state index contributed by atoms with van der Waals surface area (Å²) in [6, 6.07) is 11.7. The molecule has 172 valence electrons. The summed E-state index contributed by atoms with van der Waals surface area (Å²) in [5.41, 5.74) is 2.72. The molecule has 5 rings (SSSR count). The van der Waals surface area contributed by atoms with Gasteiger partial charge in [-0.3, -0.25) is 9.69 Å². The highest BCUT2D eigenvalue weighted by Crippen LogP contribution is 2.41. The number of amides is 1. The number of fused-ring (bicyclic) bond motifs is 1. The van der Waals surface area contributed by atoms with Crippen molar-refractivity contribution in [1.29, 1.82) is 0 Å². The van der Waals surface area contributed by atoms with E-state index in [1.165, 1.54) is 11.8 Å². The molecule has 0 N–H and O–H groups in total. The van der Waals surface area contributed by atoms with Gasteiger partial charge in [0.2, 0.25) is 6.79 Å². The molecule has 0 saturated carbocycles. The van der Waals surface area contributed by atoms with Gasteiger partial charge >= 0.3 is 0 Å². The molecule has 2 saturated heterocycles. The van der Waals surface area contributed by atoms with Crippen LogP contribution < -0.4 is 19.1 Å². The second kappa shape index (κ2) is 9.36. The van der Waals surface area contributed by atoms with Crippen molar-refractivity contribution in [2.45, 2.75) is 6.92 Å². The van der Waals surface area contributed by atoms with Gasteiger partial charge in [0.05, 0.1) is 30.4 Å². The maximum absolute atomic E-state index is 12.9. The van der Waals surface area contributed by atoms with Crippen molar-refractivity contribution in [3.63, 3.8) is 0 Å². The van der Waals surface area contributed by atoms with Gasteiger partial charge in [-0.25, -0.2) is 4.99 Å².